The molecule has 0 aliphatic rings. The summed E-state index contributed by atoms with van der Waals surface area (Å²) in [5.74, 6) is -0.00324. The fraction of sp³-hybridized carbons (Fsp3) is 0.571. The molecule has 0 fully saturated rings. The van der Waals surface area contributed by atoms with Gasteiger partial charge in [0.05, 0.1) is 4.90 Å². The van der Waals surface area contributed by atoms with Crippen LogP contribution in [0.5, 0.6) is 0 Å². The zero-order chi connectivity index (χ0) is 15.4. The lowest BCUT2D eigenvalue weighted by molar-refractivity contribution is 0.331. The highest BCUT2D eigenvalue weighted by molar-refractivity contribution is 7.89. The predicted molar refractivity (Wildman–Crippen MR) is 80.1 cm³/mol. The van der Waals surface area contributed by atoms with Crippen molar-refractivity contribution in [1.29, 1.82) is 0 Å². The fourth-order valence-electron chi connectivity index (χ4n) is 1.87. The summed E-state index contributed by atoms with van der Waals surface area (Å²) in [6, 6.07) is 3.75. The lowest BCUT2D eigenvalue weighted by Crippen LogP contribution is -2.34. The van der Waals surface area contributed by atoms with E-state index in [9.17, 15) is 12.8 Å². The first-order chi connectivity index (χ1) is 9.18. The number of aryl methyl sites for hydroxylation is 1. The van der Waals surface area contributed by atoms with Crippen molar-refractivity contribution in [2.24, 2.45) is 5.41 Å². The Bertz CT molecular complexity index is 558. The van der Waals surface area contributed by atoms with Gasteiger partial charge < -0.3 is 0 Å². The molecule has 1 aromatic carbocycles. The summed E-state index contributed by atoms with van der Waals surface area (Å²) in [4.78, 5) is -0.00866. The monoisotopic (exact) mass is 321 g/mol. The second kappa shape index (κ2) is 6.87. The zero-order valence-corrected chi connectivity index (χ0v) is 13.6. The maximum Gasteiger partial charge on any atom is 0.240 e. The Labute approximate surface area is 125 Å². The quantitative estimate of drug-likeness (QED) is 0.782. The molecule has 0 saturated heterocycles. The molecule has 0 aliphatic carbocycles. The summed E-state index contributed by atoms with van der Waals surface area (Å²) in [5, 5.41) is 0. The molecule has 114 valence electrons. The molecule has 20 heavy (non-hydrogen) atoms. The van der Waals surface area contributed by atoms with Crippen LogP contribution >= 0.6 is 11.6 Å². The molecule has 0 bridgehead atoms. The van der Waals surface area contributed by atoms with E-state index in [0.717, 1.165) is 18.9 Å². The SMILES string of the molecule is Cc1ccc(F)cc1S(=O)(=O)NCC(C)(C)CCCCl. The smallest absolute Gasteiger partial charge is 0.211 e. The Kier molecular flexibility index (Phi) is 5.98. The zero-order valence-electron chi connectivity index (χ0n) is 12.0. The molecule has 1 rings (SSSR count). The highest BCUT2D eigenvalue weighted by Gasteiger charge is 2.23. The van der Waals surface area contributed by atoms with Crippen molar-refractivity contribution >= 4 is 21.6 Å². The Morgan fingerprint density at radius 3 is 2.60 bits per heavy atom. The van der Waals surface area contributed by atoms with Gasteiger partial charge in [0.25, 0.3) is 0 Å². The minimum absolute atomic E-state index is 0.00866. The van der Waals surface area contributed by atoms with E-state index in [4.69, 9.17) is 11.6 Å². The van der Waals surface area contributed by atoms with E-state index >= 15 is 0 Å². The standard InChI is InChI=1S/C14H21ClFNO2S/c1-11-5-6-12(16)9-13(11)20(18,19)17-10-14(2,3)7-4-8-15/h5-6,9,17H,4,7-8,10H2,1-3H3. The molecular formula is C14H21ClFNO2S. The van der Waals surface area contributed by atoms with Crippen molar-refractivity contribution in [2.75, 3.05) is 12.4 Å². The first kappa shape index (κ1) is 17.4. The number of hydrogen-bond acceptors (Lipinski definition) is 2. The van der Waals surface area contributed by atoms with Crippen molar-refractivity contribution in [1.82, 2.24) is 4.72 Å². The number of nitrogens with one attached hydrogen (secondary N) is 1. The molecule has 0 amide bonds. The van der Waals surface area contributed by atoms with Gasteiger partial charge in [-0.15, -0.1) is 11.6 Å². The van der Waals surface area contributed by atoms with Crippen molar-refractivity contribution < 1.29 is 12.8 Å². The maximum atomic E-state index is 13.2. The molecule has 1 N–H and O–H groups in total. The third-order valence-electron chi connectivity index (χ3n) is 3.17. The van der Waals surface area contributed by atoms with Crippen LogP contribution < -0.4 is 4.72 Å². The summed E-state index contributed by atoms with van der Waals surface area (Å²) in [7, 11) is -3.69. The van der Waals surface area contributed by atoms with Crippen molar-refractivity contribution in [3.63, 3.8) is 0 Å². The van der Waals surface area contributed by atoms with Gasteiger partial charge in [-0.25, -0.2) is 17.5 Å². The molecule has 0 heterocycles. The second-order valence-electron chi connectivity index (χ2n) is 5.69. The fourth-order valence-corrected chi connectivity index (χ4v) is 3.49. The largest absolute Gasteiger partial charge is 0.240 e. The third-order valence-corrected chi connectivity index (χ3v) is 4.98. The molecule has 0 atom stereocenters. The van der Waals surface area contributed by atoms with E-state index in [1.54, 1.807) is 6.92 Å². The van der Waals surface area contributed by atoms with E-state index in [2.05, 4.69) is 4.72 Å². The molecule has 0 unspecified atom stereocenters. The van der Waals surface area contributed by atoms with Gasteiger partial charge in [0.15, 0.2) is 0 Å². The molecule has 1 aromatic rings. The van der Waals surface area contributed by atoms with Crippen molar-refractivity contribution in [2.45, 2.75) is 38.5 Å². The molecule has 0 aliphatic heterocycles. The lowest BCUT2D eigenvalue weighted by Gasteiger charge is -2.24. The Morgan fingerprint density at radius 1 is 1.35 bits per heavy atom. The van der Waals surface area contributed by atoms with Crippen LogP contribution in [0.25, 0.3) is 0 Å². The molecule has 6 heteroatoms. The van der Waals surface area contributed by atoms with Crippen molar-refractivity contribution in [3.8, 4) is 0 Å². The van der Waals surface area contributed by atoms with Crippen LogP contribution in [0.1, 0.15) is 32.3 Å². The first-order valence-electron chi connectivity index (χ1n) is 6.50. The average molecular weight is 322 g/mol. The summed E-state index contributed by atoms with van der Waals surface area (Å²) in [5.41, 5.74) is 0.334. The Hall–Kier alpha value is -0.650. The normalized spacial score (nSPS) is 12.7. The van der Waals surface area contributed by atoms with Gasteiger partial charge in [-0.1, -0.05) is 19.9 Å². The number of rotatable bonds is 7. The van der Waals surface area contributed by atoms with Crippen molar-refractivity contribution in [3.05, 3.63) is 29.6 Å². The summed E-state index contributed by atoms with van der Waals surface area (Å²) in [6.07, 6.45) is 1.65. The topological polar surface area (TPSA) is 46.2 Å². The number of benzene rings is 1. The highest BCUT2D eigenvalue weighted by atomic mass is 35.5. The van der Waals surface area contributed by atoms with Gasteiger partial charge in [-0.3, -0.25) is 0 Å². The molecular weight excluding hydrogens is 301 g/mol. The highest BCUT2D eigenvalue weighted by Crippen LogP contribution is 2.23. The van der Waals surface area contributed by atoms with Crippen LogP contribution in [0, 0.1) is 18.2 Å². The Balaban J connectivity index is 2.83. The van der Waals surface area contributed by atoms with E-state index < -0.39 is 15.8 Å². The summed E-state index contributed by atoms with van der Waals surface area (Å²) >= 11 is 5.65. The number of halogens is 2. The minimum atomic E-state index is -3.69. The van der Waals surface area contributed by atoms with Gasteiger partial charge in [0, 0.05) is 12.4 Å². The van der Waals surface area contributed by atoms with Gasteiger partial charge in [-0.2, -0.15) is 0 Å². The third kappa shape index (κ3) is 5.04. The Morgan fingerprint density at radius 2 is 2.00 bits per heavy atom. The van der Waals surface area contributed by atoms with Crippen LogP contribution in [0.4, 0.5) is 4.39 Å². The summed E-state index contributed by atoms with van der Waals surface area (Å²) in [6.45, 7) is 5.88. The van der Waals surface area contributed by atoms with Gasteiger partial charge >= 0.3 is 0 Å². The van der Waals surface area contributed by atoms with Gasteiger partial charge in [-0.05, 0) is 42.9 Å². The van der Waals surface area contributed by atoms with E-state index in [1.165, 1.54) is 12.1 Å². The van der Waals surface area contributed by atoms with E-state index in [1.807, 2.05) is 13.8 Å². The molecule has 0 radical (unpaired) electrons. The van der Waals surface area contributed by atoms with Crippen LogP contribution in [0.3, 0.4) is 0 Å². The molecule has 0 aromatic heterocycles. The van der Waals surface area contributed by atoms with Crippen LogP contribution in [-0.2, 0) is 10.0 Å². The van der Waals surface area contributed by atoms with E-state index in [0.29, 0.717) is 18.0 Å². The van der Waals surface area contributed by atoms with E-state index in [-0.39, 0.29) is 10.3 Å². The molecule has 3 nitrogen and oxygen atoms in total. The molecule has 0 spiro atoms. The lowest BCUT2D eigenvalue weighted by atomic mass is 9.88. The first-order valence-corrected chi connectivity index (χ1v) is 8.51. The number of hydrogen-bond donors (Lipinski definition) is 1. The minimum Gasteiger partial charge on any atom is -0.211 e. The number of alkyl halides is 1. The van der Waals surface area contributed by atoms with Gasteiger partial charge in [0.2, 0.25) is 10.0 Å². The predicted octanol–water partition coefficient (Wildman–Crippen LogP) is 3.46. The van der Waals surface area contributed by atoms with Crippen LogP contribution in [-0.4, -0.2) is 20.8 Å². The van der Waals surface area contributed by atoms with Crippen LogP contribution in [0.15, 0.2) is 23.1 Å². The molecule has 0 saturated carbocycles. The average Bonchev–Trinajstić information content (AvgIpc) is 2.37. The maximum absolute atomic E-state index is 13.2. The van der Waals surface area contributed by atoms with Gasteiger partial charge in [0.1, 0.15) is 5.82 Å². The van der Waals surface area contributed by atoms with Crippen LogP contribution in [0.2, 0.25) is 0 Å². The summed E-state index contributed by atoms with van der Waals surface area (Å²) < 4.78 is 40.2. The number of sulfonamides is 1. The second-order valence-corrected chi connectivity index (χ2v) is 7.80.